The molecule has 0 spiro atoms. The summed E-state index contributed by atoms with van der Waals surface area (Å²) in [5.74, 6) is -0.0749. The van der Waals surface area contributed by atoms with Crippen LogP contribution in [0.5, 0.6) is 0 Å². The van der Waals surface area contributed by atoms with E-state index in [4.69, 9.17) is 4.74 Å². The molecule has 132 valence electrons. The minimum absolute atomic E-state index is 0.117. The molecule has 23 heavy (non-hydrogen) atoms. The standard InChI is InChI=1S/C18H31NO4/c1-4-5-14(12(2)3)17(20)19-9-6-13(7-10-19)16-15(18(21)22)8-11-23-16/h12-16H,4-11H2,1-3H3,(H,21,22)/t14?,15?,16-/m0/s1. The normalized spacial score (nSPS) is 27.4. The molecule has 0 bridgehead atoms. The number of ether oxygens (including phenoxy) is 1. The van der Waals surface area contributed by atoms with Crippen molar-refractivity contribution in [1.29, 1.82) is 0 Å². The number of nitrogens with zero attached hydrogens (tertiary/aromatic N) is 1. The average molecular weight is 325 g/mol. The lowest BCUT2D eigenvalue weighted by atomic mass is 9.83. The van der Waals surface area contributed by atoms with E-state index in [1.807, 2.05) is 4.90 Å². The Morgan fingerprint density at radius 2 is 1.87 bits per heavy atom. The maximum absolute atomic E-state index is 12.7. The summed E-state index contributed by atoms with van der Waals surface area (Å²) in [7, 11) is 0. The van der Waals surface area contributed by atoms with Gasteiger partial charge in [0, 0.05) is 25.6 Å². The number of likely N-dealkylation sites (tertiary alicyclic amines) is 1. The predicted octanol–water partition coefficient (Wildman–Crippen LogP) is 2.79. The minimum Gasteiger partial charge on any atom is -0.481 e. The van der Waals surface area contributed by atoms with E-state index >= 15 is 0 Å². The molecule has 1 N–H and O–H groups in total. The summed E-state index contributed by atoms with van der Waals surface area (Å²) in [6.07, 6.45) is 4.14. The lowest BCUT2D eigenvalue weighted by Crippen LogP contribution is -2.46. The fraction of sp³-hybridized carbons (Fsp3) is 0.889. The Hall–Kier alpha value is -1.10. The third-order valence-electron chi connectivity index (χ3n) is 5.49. The van der Waals surface area contributed by atoms with Gasteiger partial charge in [0.25, 0.3) is 0 Å². The van der Waals surface area contributed by atoms with E-state index in [-0.39, 0.29) is 29.8 Å². The predicted molar refractivity (Wildman–Crippen MR) is 88.0 cm³/mol. The summed E-state index contributed by atoms with van der Waals surface area (Å²) in [6.45, 7) is 8.39. The van der Waals surface area contributed by atoms with Crippen molar-refractivity contribution in [3.8, 4) is 0 Å². The third kappa shape index (κ3) is 4.25. The Morgan fingerprint density at radius 1 is 1.22 bits per heavy atom. The largest absolute Gasteiger partial charge is 0.481 e. The molecule has 0 aromatic rings. The lowest BCUT2D eigenvalue weighted by Gasteiger charge is -2.37. The number of hydrogen-bond donors (Lipinski definition) is 1. The highest BCUT2D eigenvalue weighted by atomic mass is 16.5. The molecule has 5 nitrogen and oxygen atoms in total. The molecule has 2 saturated heterocycles. The Balaban J connectivity index is 1.90. The first-order valence-electron chi connectivity index (χ1n) is 9.08. The number of hydrogen-bond acceptors (Lipinski definition) is 3. The van der Waals surface area contributed by atoms with Crippen molar-refractivity contribution in [1.82, 2.24) is 4.90 Å². The Kier molecular flexibility index (Phi) is 6.45. The van der Waals surface area contributed by atoms with E-state index in [1.54, 1.807) is 0 Å². The number of carbonyl (C=O) groups excluding carboxylic acids is 1. The molecule has 0 radical (unpaired) electrons. The number of piperidine rings is 1. The van der Waals surface area contributed by atoms with Gasteiger partial charge in [-0.05, 0) is 37.5 Å². The van der Waals surface area contributed by atoms with Gasteiger partial charge in [0.2, 0.25) is 5.91 Å². The number of carbonyl (C=O) groups is 2. The van der Waals surface area contributed by atoms with E-state index in [1.165, 1.54) is 0 Å². The zero-order valence-electron chi connectivity index (χ0n) is 14.7. The molecule has 3 atom stereocenters. The minimum atomic E-state index is -0.742. The summed E-state index contributed by atoms with van der Waals surface area (Å²) in [6, 6.07) is 0. The molecule has 5 heteroatoms. The van der Waals surface area contributed by atoms with Crippen molar-refractivity contribution in [3.05, 3.63) is 0 Å². The van der Waals surface area contributed by atoms with Crippen LogP contribution in [-0.2, 0) is 14.3 Å². The Bertz CT molecular complexity index is 415. The molecule has 2 aliphatic rings. The highest BCUT2D eigenvalue weighted by Gasteiger charge is 2.41. The van der Waals surface area contributed by atoms with Gasteiger partial charge in [0.15, 0.2) is 0 Å². The van der Waals surface area contributed by atoms with E-state index in [2.05, 4.69) is 20.8 Å². The van der Waals surface area contributed by atoms with Gasteiger partial charge in [0.05, 0.1) is 12.0 Å². The summed E-state index contributed by atoms with van der Waals surface area (Å²) in [5, 5.41) is 9.30. The molecule has 2 fully saturated rings. The van der Waals surface area contributed by atoms with Gasteiger partial charge in [-0.15, -0.1) is 0 Å². The fourth-order valence-electron chi connectivity index (χ4n) is 4.08. The fourth-order valence-corrected chi connectivity index (χ4v) is 4.08. The molecule has 1 amide bonds. The topological polar surface area (TPSA) is 66.8 Å². The number of amides is 1. The van der Waals surface area contributed by atoms with Gasteiger partial charge in [-0.1, -0.05) is 27.2 Å². The first-order valence-corrected chi connectivity index (χ1v) is 9.08. The quantitative estimate of drug-likeness (QED) is 0.815. The van der Waals surface area contributed by atoms with Crippen molar-refractivity contribution < 1.29 is 19.4 Å². The molecular weight excluding hydrogens is 294 g/mol. The molecule has 0 aromatic carbocycles. The van der Waals surface area contributed by atoms with Gasteiger partial charge < -0.3 is 14.7 Å². The van der Waals surface area contributed by atoms with Gasteiger partial charge in [-0.2, -0.15) is 0 Å². The molecule has 2 heterocycles. The highest BCUT2D eigenvalue weighted by molar-refractivity contribution is 5.79. The van der Waals surface area contributed by atoms with Crippen LogP contribution in [0.3, 0.4) is 0 Å². The summed E-state index contributed by atoms with van der Waals surface area (Å²) in [4.78, 5) is 26.0. The Morgan fingerprint density at radius 3 is 2.39 bits per heavy atom. The third-order valence-corrected chi connectivity index (χ3v) is 5.49. The second kappa shape index (κ2) is 8.13. The van der Waals surface area contributed by atoms with Crippen LogP contribution in [-0.4, -0.2) is 47.7 Å². The van der Waals surface area contributed by atoms with Gasteiger partial charge in [0.1, 0.15) is 0 Å². The van der Waals surface area contributed by atoms with Crippen LogP contribution in [0.25, 0.3) is 0 Å². The molecular formula is C18H31NO4. The van der Waals surface area contributed by atoms with E-state index < -0.39 is 5.97 Å². The Labute approximate surface area is 139 Å². The molecule has 0 aliphatic carbocycles. The van der Waals surface area contributed by atoms with Crippen LogP contribution >= 0.6 is 0 Å². The van der Waals surface area contributed by atoms with Gasteiger partial charge >= 0.3 is 5.97 Å². The second-order valence-electron chi connectivity index (χ2n) is 7.37. The maximum atomic E-state index is 12.7. The first-order chi connectivity index (χ1) is 11.0. The smallest absolute Gasteiger partial charge is 0.309 e. The highest BCUT2D eigenvalue weighted by Crippen LogP contribution is 2.34. The van der Waals surface area contributed by atoms with Crippen molar-refractivity contribution in [3.63, 3.8) is 0 Å². The van der Waals surface area contributed by atoms with Crippen molar-refractivity contribution >= 4 is 11.9 Å². The van der Waals surface area contributed by atoms with Gasteiger partial charge in [-0.3, -0.25) is 9.59 Å². The van der Waals surface area contributed by atoms with Crippen LogP contribution < -0.4 is 0 Å². The summed E-state index contributed by atoms with van der Waals surface area (Å²) < 4.78 is 5.70. The number of carboxylic acids is 1. The van der Waals surface area contributed by atoms with Crippen LogP contribution in [0, 0.1) is 23.7 Å². The van der Waals surface area contributed by atoms with E-state index in [0.29, 0.717) is 18.9 Å². The number of aliphatic carboxylic acids is 1. The number of rotatable bonds is 6. The molecule has 2 rings (SSSR count). The van der Waals surface area contributed by atoms with E-state index in [0.717, 1.165) is 38.8 Å². The van der Waals surface area contributed by atoms with Crippen molar-refractivity contribution in [2.24, 2.45) is 23.7 Å². The summed E-state index contributed by atoms with van der Waals surface area (Å²) in [5.41, 5.74) is 0. The SMILES string of the molecule is CCCC(C(=O)N1CCC([C@@H]2OCCC2C(=O)O)CC1)C(C)C. The van der Waals surface area contributed by atoms with Crippen LogP contribution in [0.1, 0.15) is 52.9 Å². The molecule has 0 saturated carbocycles. The molecule has 0 aromatic heterocycles. The van der Waals surface area contributed by atoms with Crippen molar-refractivity contribution in [2.75, 3.05) is 19.7 Å². The first kappa shape index (κ1) is 18.2. The summed E-state index contributed by atoms with van der Waals surface area (Å²) >= 11 is 0. The monoisotopic (exact) mass is 325 g/mol. The molecule has 2 aliphatic heterocycles. The second-order valence-corrected chi connectivity index (χ2v) is 7.37. The maximum Gasteiger partial charge on any atom is 0.309 e. The van der Waals surface area contributed by atoms with Crippen LogP contribution in [0.15, 0.2) is 0 Å². The number of carboxylic acid groups (broad SMARTS) is 1. The zero-order valence-corrected chi connectivity index (χ0v) is 14.7. The zero-order chi connectivity index (χ0) is 17.0. The van der Waals surface area contributed by atoms with Crippen LogP contribution in [0.2, 0.25) is 0 Å². The van der Waals surface area contributed by atoms with Gasteiger partial charge in [-0.25, -0.2) is 0 Å². The molecule has 2 unspecified atom stereocenters. The average Bonchev–Trinajstić information content (AvgIpc) is 3.01. The van der Waals surface area contributed by atoms with Crippen LogP contribution in [0.4, 0.5) is 0 Å². The lowest BCUT2D eigenvalue weighted by molar-refractivity contribution is -0.146. The van der Waals surface area contributed by atoms with Crippen molar-refractivity contribution in [2.45, 2.75) is 59.0 Å². The van der Waals surface area contributed by atoms with E-state index in [9.17, 15) is 14.7 Å².